The first kappa shape index (κ1) is 24.3. The van der Waals surface area contributed by atoms with Crippen molar-refractivity contribution in [2.75, 3.05) is 26.2 Å². The first-order valence-corrected chi connectivity index (χ1v) is 13.0. The molecule has 0 bridgehead atoms. The number of aryl methyl sites for hydroxylation is 3. The normalized spacial score (nSPS) is 15.4. The number of hydrogen-bond acceptors (Lipinski definition) is 5. The van der Waals surface area contributed by atoms with Crippen molar-refractivity contribution < 1.29 is 13.2 Å². The highest BCUT2D eigenvalue weighted by Gasteiger charge is 2.34. The van der Waals surface area contributed by atoms with Crippen LogP contribution in [0.25, 0.3) is 11.0 Å². The van der Waals surface area contributed by atoms with Gasteiger partial charge in [0.15, 0.2) is 5.65 Å². The predicted octanol–water partition coefficient (Wildman–Crippen LogP) is 3.27. The summed E-state index contributed by atoms with van der Waals surface area (Å²) in [7, 11) is -1.85. The number of fused-ring (bicyclic) bond motifs is 1. The maximum atomic E-state index is 13.7. The Balaban J connectivity index is 1.62. The third-order valence-corrected chi connectivity index (χ3v) is 9.56. The second-order valence-electron chi connectivity index (χ2n) is 9.37. The van der Waals surface area contributed by atoms with Crippen molar-refractivity contribution in [1.29, 1.82) is 0 Å². The smallest absolute Gasteiger partial charge is 0.254 e. The number of nitrogens with zero attached hydrogens (tertiary/aromatic N) is 5. The molecule has 2 aromatic heterocycles. The average Bonchev–Trinajstić information content (AvgIpc) is 3.08. The number of rotatable bonds is 3. The highest BCUT2D eigenvalue weighted by Crippen LogP contribution is 2.32. The summed E-state index contributed by atoms with van der Waals surface area (Å²) in [6.07, 6.45) is 0. The Morgan fingerprint density at radius 3 is 1.94 bits per heavy atom. The van der Waals surface area contributed by atoms with Crippen molar-refractivity contribution in [3.63, 3.8) is 0 Å². The van der Waals surface area contributed by atoms with Crippen LogP contribution < -0.4 is 0 Å². The van der Waals surface area contributed by atoms with E-state index in [4.69, 9.17) is 0 Å². The molecule has 0 radical (unpaired) electrons. The molecule has 0 aliphatic carbocycles. The maximum absolute atomic E-state index is 13.7. The number of aromatic nitrogens is 3. The standard InChI is InChI=1S/C25H33N5O3S/c1-14-13-21(22-20(7)27-28(8)24(22)26-14)25(31)29-9-11-30(12-10-29)34(32,33)23-18(5)16(3)15(2)17(4)19(23)6/h13H,9-12H2,1-8H3. The van der Waals surface area contributed by atoms with E-state index in [2.05, 4.69) is 10.1 Å². The van der Waals surface area contributed by atoms with E-state index in [1.54, 1.807) is 15.6 Å². The summed E-state index contributed by atoms with van der Waals surface area (Å²) in [5.41, 5.74) is 7.52. The summed E-state index contributed by atoms with van der Waals surface area (Å²) >= 11 is 0. The molecule has 0 unspecified atom stereocenters. The quantitative estimate of drug-likeness (QED) is 0.571. The third kappa shape index (κ3) is 3.71. The molecule has 3 aromatic rings. The van der Waals surface area contributed by atoms with Gasteiger partial charge in [-0.2, -0.15) is 9.40 Å². The highest BCUT2D eigenvalue weighted by atomic mass is 32.2. The fourth-order valence-corrected chi connectivity index (χ4v) is 7.00. The zero-order chi connectivity index (χ0) is 25.1. The van der Waals surface area contributed by atoms with E-state index in [0.29, 0.717) is 29.2 Å². The lowest BCUT2D eigenvalue weighted by molar-refractivity contribution is 0.0699. The lowest BCUT2D eigenvalue weighted by Gasteiger charge is -2.35. The summed E-state index contributed by atoms with van der Waals surface area (Å²) in [4.78, 5) is 20.2. The van der Waals surface area contributed by atoms with E-state index in [-0.39, 0.29) is 19.0 Å². The van der Waals surface area contributed by atoms with Gasteiger partial charge in [-0.05, 0) is 82.3 Å². The summed E-state index contributed by atoms with van der Waals surface area (Å²) < 4.78 is 30.5. The van der Waals surface area contributed by atoms with Gasteiger partial charge >= 0.3 is 0 Å². The summed E-state index contributed by atoms with van der Waals surface area (Å²) in [6, 6.07) is 1.80. The Labute approximate surface area is 201 Å². The lowest BCUT2D eigenvalue weighted by atomic mass is 9.95. The average molecular weight is 484 g/mol. The van der Waals surface area contributed by atoms with Crippen LogP contribution in [0.5, 0.6) is 0 Å². The minimum absolute atomic E-state index is 0.113. The van der Waals surface area contributed by atoms with Crippen LogP contribution in [0.2, 0.25) is 0 Å². The molecule has 182 valence electrons. The van der Waals surface area contributed by atoms with Crippen LogP contribution in [0, 0.1) is 48.5 Å². The van der Waals surface area contributed by atoms with Crippen LogP contribution in [0.4, 0.5) is 0 Å². The van der Waals surface area contributed by atoms with Gasteiger partial charge in [-0.3, -0.25) is 9.48 Å². The third-order valence-electron chi connectivity index (χ3n) is 7.38. The largest absolute Gasteiger partial charge is 0.336 e. The fourth-order valence-electron chi connectivity index (χ4n) is 5.02. The Bertz CT molecular complexity index is 1400. The van der Waals surface area contributed by atoms with E-state index in [0.717, 1.165) is 44.6 Å². The Kier molecular flexibility index (Phi) is 6.06. The number of benzene rings is 1. The number of sulfonamides is 1. The molecule has 3 heterocycles. The number of piperazine rings is 1. The van der Waals surface area contributed by atoms with Crippen LogP contribution in [-0.4, -0.2) is 64.5 Å². The van der Waals surface area contributed by atoms with E-state index in [9.17, 15) is 13.2 Å². The van der Waals surface area contributed by atoms with Crippen LogP contribution in [0.15, 0.2) is 11.0 Å². The molecule has 1 saturated heterocycles. The van der Waals surface area contributed by atoms with Crippen LogP contribution in [0.3, 0.4) is 0 Å². The van der Waals surface area contributed by atoms with Gasteiger partial charge < -0.3 is 4.90 Å². The van der Waals surface area contributed by atoms with Crippen molar-refractivity contribution in [2.24, 2.45) is 7.05 Å². The Hall–Kier alpha value is -2.78. The molecule has 1 fully saturated rings. The van der Waals surface area contributed by atoms with Crippen molar-refractivity contribution in [3.8, 4) is 0 Å². The van der Waals surface area contributed by atoms with Crippen LogP contribution in [0.1, 0.15) is 49.6 Å². The highest BCUT2D eigenvalue weighted by molar-refractivity contribution is 7.89. The van der Waals surface area contributed by atoms with Crippen molar-refractivity contribution >= 4 is 27.0 Å². The number of pyridine rings is 1. The topological polar surface area (TPSA) is 88.4 Å². The molecule has 9 heteroatoms. The molecule has 1 amide bonds. The van der Waals surface area contributed by atoms with Crippen LogP contribution >= 0.6 is 0 Å². The molecule has 34 heavy (non-hydrogen) atoms. The molecule has 4 rings (SSSR count). The Morgan fingerprint density at radius 1 is 0.853 bits per heavy atom. The van der Waals surface area contributed by atoms with Gasteiger partial charge in [0, 0.05) is 38.9 Å². The predicted molar refractivity (Wildman–Crippen MR) is 133 cm³/mol. The van der Waals surface area contributed by atoms with Crippen molar-refractivity contribution in [3.05, 3.63) is 50.8 Å². The minimum atomic E-state index is -3.67. The van der Waals surface area contributed by atoms with E-state index >= 15 is 0 Å². The van der Waals surface area contributed by atoms with E-state index in [1.165, 1.54) is 4.31 Å². The van der Waals surface area contributed by atoms with E-state index in [1.807, 2.05) is 55.5 Å². The number of amides is 1. The van der Waals surface area contributed by atoms with Gasteiger partial charge in [-0.25, -0.2) is 13.4 Å². The second kappa shape index (κ2) is 8.46. The molecular weight excluding hydrogens is 450 g/mol. The molecular formula is C25H33N5O3S. The fraction of sp³-hybridized carbons (Fsp3) is 0.480. The van der Waals surface area contributed by atoms with Gasteiger partial charge in [-0.15, -0.1) is 0 Å². The molecule has 0 saturated carbocycles. The first-order chi connectivity index (χ1) is 15.9. The first-order valence-electron chi connectivity index (χ1n) is 11.5. The van der Waals surface area contributed by atoms with Gasteiger partial charge in [0.05, 0.1) is 21.5 Å². The number of hydrogen-bond donors (Lipinski definition) is 0. The van der Waals surface area contributed by atoms with Gasteiger partial charge in [-0.1, -0.05) is 0 Å². The zero-order valence-corrected chi connectivity index (χ0v) is 22.1. The van der Waals surface area contributed by atoms with Gasteiger partial charge in [0.2, 0.25) is 10.0 Å². The second-order valence-corrected chi connectivity index (χ2v) is 11.2. The molecule has 0 N–H and O–H groups in total. The molecule has 8 nitrogen and oxygen atoms in total. The van der Waals surface area contributed by atoms with Gasteiger partial charge in [0.1, 0.15) is 0 Å². The Morgan fingerprint density at radius 2 is 1.38 bits per heavy atom. The van der Waals surface area contributed by atoms with Crippen molar-refractivity contribution in [1.82, 2.24) is 24.0 Å². The molecule has 1 aliphatic rings. The summed E-state index contributed by atoms with van der Waals surface area (Å²) in [5.74, 6) is -0.113. The monoisotopic (exact) mass is 483 g/mol. The summed E-state index contributed by atoms with van der Waals surface area (Å²) in [6.45, 7) is 14.7. The molecule has 1 aromatic carbocycles. The minimum Gasteiger partial charge on any atom is -0.336 e. The van der Waals surface area contributed by atoms with Crippen molar-refractivity contribution in [2.45, 2.75) is 53.4 Å². The molecule has 1 aliphatic heterocycles. The zero-order valence-electron chi connectivity index (χ0n) is 21.3. The van der Waals surface area contributed by atoms with Crippen LogP contribution in [-0.2, 0) is 17.1 Å². The van der Waals surface area contributed by atoms with E-state index < -0.39 is 10.0 Å². The summed E-state index contributed by atoms with van der Waals surface area (Å²) in [5, 5.41) is 5.18. The lowest BCUT2D eigenvalue weighted by Crippen LogP contribution is -2.50. The number of carbonyl (C=O) groups is 1. The van der Waals surface area contributed by atoms with Gasteiger partial charge in [0.25, 0.3) is 5.91 Å². The maximum Gasteiger partial charge on any atom is 0.254 e. The molecule has 0 spiro atoms. The number of carbonyl (C=O) groups excluding carboxylic acids is 1. The SMILES string of the molecule is Cc1cc(C(=O)N2CCN(S(=O)(=O)c3c(C)c(C)c(C)c(C)c3C)CC2)c2c(C)nn(C)c2n1. The molecule has 0 atom stereocenters.